The highest BCUT2D eigenvalue weighted by atomic mass is 16.5. The maximum absolute atomic E-state index is 6.59. The smallest absolute Gasteiger partial charge is 0.135 e. The zero-order valence-electron chi connectivity index (χ0n) is 28.8. The third-order valence-corrected chi connectivity index (χ3v) is 10.8. The Morgan fingerprint density at radius 1 is 0.396 bits per heavy atom. The molecule has 0 N–H and O–H groups in total. The van der Waals surface area contributed by atoms with E-state index in [1.807, 2.05) is 0 Å². The van der Waals surface area contributed by atoms with Crippen LogP contribution in [0, 0.1) is 0 Å². The molecule has 53 heavy (non-hydrogen) atoms. The first-order valence-electron chi connectivity index (χ1n) is 18.1. The van der Waals surface area contributed by atoms with Crippen LogP contribution in [0.2, 0.25) is 0 Å². The van der Waals surface area contributed by atoms with Gasteiger partial charge in [0, 0.05) is 44.2 Å². The predicted molar refractivity (Wildman–Crippen MR) is 221 cm³/mol. The number of rotatable bonds is 5. The standard InChI is InChI=1S/C50H32N2O/c1-3-15-35(16-4-1)51(37-26-29-47-44(32-37)41-21-9-10-23-45(41)52(47)36-17-5-2-6-18-36)46-30-28-38(39-19-7-8-20-40(39)46)34-25-27-42-43-22-11-13-33-14-12-24-48(50(33)43)53-49(42)31-34/h1-32H. The molecule has 1 aromatic heterocycles. The SMILES string of the molecule is c1ccc(N(c2ccc3c(c2)c2ccccc2n3-c2ccccc2)c2ccc(-c3ccc4c(c3)Oc3cccc5cccc-4c35)c3ccccc23)cc1. The Kier molecular flexibility index (Phi) is 6.55. The Morgan fingerprint density at radius 3 is 1.94 bits per heavy atom. The Morgan fingerprint density at radius 2 is 1.09 bits per heavy atom. The summed E-state index contributed by atoms with van der Waals surface area (Å²) in [7, 11) is 0. The Bertz CT molecular complexity index is 3030. The highest BCUT2D eigenvalue weighted by Gasteiger charge is 2.23. The molecule has 3 nitrogen and oxygen atoms in total. The van der Waals surface area contributed by atoms with Crippen LogP contribution in [0.3, 0.4) is 0 Å². The van der Waals surface area contributed by atoms with Gasteiger partial charge in [-0.15, -0.1) is 0 Å². The van der Waals surface area contributed by atoms with E-state index < -0.39 is 0 Å². The minimum atomic E-state index is 0.885. The molecule has 0 amide bonds. The van der Waals surface area contributed by atoms with Crippen LogP contribution in [-0.4, -0.2) is 4.57 Å². The van der Waals surface area contributed by atoms with Crippen molar-refractivity contribution in [2.45, 2.75) is 0 Å². The first kappa shape index (κ1) is 29.6. The summed E-state index contributed by atoms with van der Waals surface area (Å²) in [6, 6.07) is 69.7. The number of nitrogens with zero attached hydrogens (tertiary/aromatic N) is 2. The molecule has 0 bridgehead atoms. The van der Waals surface area contributed by atoms with Crippen molar-refractivity contribution in [1.29, 1.82) is 0 Å². The lowest BCUT2D eigenvalue weighted by molar-refractivity contribution is 0.487. The molecule has 0 fully saturated rings. The van der Waals surface area contributed by atoms with Crippen LogP contribution in [-0.2, 0) is 0 Å². The molecular formula is C50H32N2O. The summed E-state index contributed by atoms with van der Waals surface area (Å²) in [6.45, 7) is 0. The summed E-state index contributed by atoms with van der Waals surface area (Å²) in [5, 5.41) is 7.18. The van der Waals surface area contributed by atoms with Crippen molar-refractivity contribution in [3.05, 3.63) is 194 Å². The maximum Gasteiger partial charge on any atom is 0.135 e. The summed E-state index contributed by atoms with van der Waals surface area (Å²) in [5.74, 6) is 1.79. The van der Waals surface area contributed by atoms with Crippen LogP contribution in [0.25, 0.3) is 71.3 Å². The molecule has 0 aliphatic carbocycles. The number of hydrogen-bond acceptors (Lipinski definition) is 2. The lowest BCUT2D eigenvalue weighted by Crippen LogP contribution is -2.10. The Hall–Kier alpha value is -7.10. The van der Waals surface area contributed by atoms with E-state index in [0.717, 1.165) is 45.4 Å². The monoisotopic (exact) mass is 676 g/mol. The highest BCUT2D eigenvalue weighted by molar-refractivity contribution is 6.12. The fourth-order valence-electron chi connectivity index (χ4n) is 8.42. The molecule has 3 heteroatoms. The van der Waals surface area contributed by atoms with Gasteiger partial charge in [0.05, 0.1) is 16.7 Å². The summed E-state index contributed by atoms with van der Waals surface area (Å²) in [5.41, 5.74) is 11.5. The third kappa shape index (κ3) is 4.61. The van der Waals surface area contributed by atoms with E-state index in [-0.39, 0.29) is 0 Å². The second kappa shape index (κ2) is 11.7. The normalized spacial score (nSPS) is 11.9. The van der Waals surface area contributed by atoms with Gasteiger partial charge in [-0.2, -0.15) is 0 Å². The molecule has 0 atom stereocenters. The van der Waals surface area contributed by atoms with Gasteiger partial charge < -0.3 is 14.2 Å². The quantitative estimate of drug-likeness (QED) is 0.181. The van der Waals surface area contributed by atoms with E-state index in [2.05, 4.69) is 204 Å². The first-order valence-corrected chi connectivity index (χ1v) is 18.1. The molecule has 1 aliphatic rings. The molecule has 0 saturated heterocycles. The van der Waals surface area contributed by atoms with Crippen molar-refractivity contribution in [2.24, 2.45) is 0 Å². The number of benzene rings is 9. The predicted octanol–water partition coefficient (Wildman–Crippen LogP) is 14.0. The molecule has 9 aromatic carbocycles. The van der Waals surface area contributed by atoms with E-state index >= 15 is 0 Å². The molecule has 11 rings (SSSR count). The van der Waals surface area contributed by atoms with Gasteiger partial charge in [0.2, 0.25) is 0 Å². The molecule has 1 aliphatic heterocycles. The van der Waals surface area contributed by atoms with Crippen molar-refractivity contribution >= 4 is 60.4 Å². The van der Waals surface area contributed by atoms with Gasteiger partial charge in [0.15, 0.2) is 0 Å². The molecule has 0 unspecified atom stereocenters. The largest absolute Gasteiger partial charge is 0.456 e. The summed E-state index contributed by atoms with van der Waals surface area (Å²) < 4.78 is 8.95. The van der Waals surface area contributed by atoms with Gasteiger partial charge in [0.1, 0.15) is 11.5 Å². The lowest BCUT2D eigenvalue weighted by atomic mass is 9.91. The zero-order chi connectivity index (χ0) is 34.9. The van der Waals surface area contributed by atoms with Gasteiger partial charge in [-0.1, -0.05) is 121 Å². The van der Waals surface area contributed by atoms with Gasteiger partial charge in [-0.3, -0.25) is 0 Å². The number of anilines is 3. The summed E-state index contributed by atoms with van der Waals surface area (Å²) in [6.07, 6.45) is 0. The van der Waals surface area contributed by atoms with Crippen LogP contribution in [0.5, 0.6) is 11.5 Å². The molecule has 2 heterocycles. The first-order chi connectivity index (χ1) is 26.3. The second-order valence-corrected chi connectivity index (χ2v) is 13.7. The van der Waals surface area contributed by atoms with Gasteiger partial charge in [-0.25, -0.2) is 0 Å². The highest BCUT2D eigenvalue weighted by Crippen LogP contribution is 2.49. The van der Waals surface area contributed by atoms with E-state index in [4.69, 9.17) is 4.74 Å². The number of aromatic nitrogens is 1. The minimum absolute atomic E-state index is 0.885. The van der Waals surface area contributed by atoms with E-state index in [1.54, 1.807) is 0 Å². The van der Waals surface area contributed by atoms with E-state index in [0.29, 0.717) is 0 Å². The average molecular weight is 677 g/mol. The van der Waals surface area contributed by atoms with Crippen molar-refractivity contribution in [2.75, 3.05) is 4.90 Å². The van der Waals surface area contributed by atoms with E-state index in [1.165, 1.54) is 54.5 Å². The zero-order valence-corrected chi connectivity index (χ0v) is 28.8. The minimum Gasteiger partial charge on any atom is -0.456 e. The van der Waals surface area contributed by atoms with Crippen LogP contribution in [0.4, 0.5) is 17.1 Å². The van der Waals surface area contributed by atoms with Crippen molar-refractivity contribution in [1.82, 2.24) is 4.57 Å². The fourth-order valence-corrected chi connectivity index (χ4v) is 8.42. The van der Waals surface area contributed by atoms with Crippen LogP contribution in [0.1, 0.15) is 0 Å². The van der Waals surface area contributed by atoms with Crippen LogP contribution < -0.4 is 9.64 Å². The number of fused-ring (bicyclic) bond motifs is 6. The number of ether oxygens (including phenoxy) is 1. The fraction of sp³-hybridized carbons (Fsp3) is 0. The van der Waals surface area contributed by atoms with Crippen LogP contribution in [0.15, 0.2) is 194 Å². The molecule has 0 spiro atoms. The Labute approximate surface area is 307 Å². The maximum atomic E-state index is 6.59. The van der Waals surface area contributed by atoms with Crippen molar-refractivity contribution in [3.8, 4) is 39.4 Å². The van der Waals surface area contributed by atoms with Crippen molar-refractivity contribution in [3.63, 3.8) is 0 Å². The third-order valence-electron chi connectivity index (χ3n) is 10.8. The summed E-state index contributed by atoms with van der Waals surface area (Å²) in [4.78, 5) is 2.40. The second-order valence-electron chi connectivity index (χ2n) is 13.7. The molecule has 0 saturated carbocycles. The van der Waals surface area contributed by atoms with E-state index in [9.17, 15) is 0 Å². The number of hydrogen-bond donors (Lipinski definition) is 0. The Balaban J connectivity index is 1.08. The lowest BCUT2D eigenvalue weighted by Gasteiger charge is -2.28. The van der Waals surface area contributed by atoms with Gasteiger partial charge in [0.25, 0.3) is 0 Å². The topological polar surface area (TPSA) is 17.4 Å². The number of para-hydroxylation sites is 3. The molecule has 248 valence electrons. The van der Waals surface area contributed by atoms with Gasteiger partial charge in [-0.05, 0) is 100 Å². The summed E-state index contributed by atoms with van der Waals surface area (Å²) >= 11 is 0. The average Bonchev–Trinajstić information content (AvgIpc) is 3.55. The molecule has 0 radical (unpaired) electrons. The molecule has 10 aromatic rings. The van der Waals surface area contributed by atoms with Gasteiger partial charge >= 0.3 is 0 Å². The van der Waals surface area contributed by atoms with Crippen LogP contribution >= 0.6 is 0 Å². The molecular weight excluding hydrogens is 645 g/mol. The van der Waals surface area contributed by atoms with Crippen molar-refractivity contribution < 1.29 is 4.74 Å².